The Bertz CT molecular complexity index is 838. The van der Waals surface area contributed by atoms with Gasteiger partial charge in [-0.3, -0.25) is 9.69 Å². The molecule has 154 valence electrons. The van der Waals surface area contributed by atoms with Crippen molar-refractivity contribution < 1.29 is 9.53 Å². The fraction of sp³-hybridized carbons (Fsp3) is 0.480. The zero-order valence-electron chi connectivity index (χ0n) is 17.6. The Morgan fingerprint density at radius 1 is 1.03 bits per heavy atom. The van der Waals surface area contributed by atoms with Gasteiger partial charge < -0.3 is 10.1 Å². The Labute approximate surface area is 174 Å². The van der Waals surface area contributed by atoms with Crippen molar-refractivity contribution in [1.82, 2.24) is 10.2 Å². The number of nitrogens with one attached hydrogen (secondary N) is 1. The number of aryl methyl sites for hydroxylation is 2. The van der Waals surface area contributed by atoms with Crippen molar-refractivity contribution >= 4 is 5.91 Å². The molecule has 0 heterocycles. The first-order chi connectivity index (χ1) is 14.1. The van der Waals surface area contributed by atoms with Gasteiger partial charge in [-0.25, -0.2) is 0 Å². The van der Waals surface area contributed by atoms with E-state index in [2.05, 4.69) is 54.4 Å². The molecule has 0 bridgehead atoms. The molecular formula is C25H32N2O2. The van der Waals surface area contributed by atoms with E-state index in [0.717, 1.165) is 50.3 Å². The molecule has 0 aliphatic heterocycles. The van der Waals surface area contributed by atoms with Gasteiger partial charge in [0.15, 0.2) is 0 Å². The average molecular weight is 393 g/mol. The number of carbonyl (C=O) groups is 1. The smallest absolute Gasteiger partial charge is 0.251 e. The van der Waals surface area contributed by atoms with E-state index in [4.69, 9.17) is 4.74 Å². The molecule has 0 radical (unpaired) electrons. The summed E-state index contributed by atoms with van der Waals surface area (Å²) in [5.41, 5.74) is 4.61. The molecule has 4 rings (SSSR count). The lowest BCUT2D eigenvalue weighted by Gasteiger charge is -2.22. The van der Waals surface area contributed by atoms with Gasteiger partial charge in [-0.2, -0.15) is 0 Å². The van der Waals surface area contributed by atoms with Crippen LogP contribution in [0, 0.1) is 13.8 Å². The summed E-state index contributed by atoms with van der Waals surface area (Å²) in [6.07, 6.45) is 5.84. The third kappa shape index (κ3) is 5.83. The highest BCUT2D eigenvalue weighted by atomic mass is 16.5. The van der Waals surface area contributed by atoms with Crippen LogP contribution in [0.1, 0.15) is 59.2 Å². The Kier molecular flexibility index (Phi) is 6.19. The van der Waals surface area contributed by atoms with E-state index >= 15 is 0 Å². The molecular weight excluding hydrogens is 360 g/mol. The maximum atomic E-state index is 12.1. The molecule has 4 heteroatoms. The predicted octanol–water partition coefficient (Wildman–Crippen LogP) is 4.63. The Morgan fingerprint density at radius 2 is 1.79 bits per heavy atom. The summed E-state index contributed by atoms with van der Waals surface area (Å²) < 4.78 is 5.95. The summed E-state index contributed by atoms with van der Waals surface area (Å²) in [4.78, 5) is 14.7. The highest BCUT2D eigenvalue weighted by Gasteiger charge is 2.28. The number of hydrogen-bond donors (Lipinski definition) is 1. The van der Waals surface area contributed by atoms with Crippen molar-refractivity contribution in [3.8, 4) is 5.75 Å². The van der Waals surface area contributed by atoms with Crippen LogP contribution in [0.25, 0.3) is 0 Å². The largest absolute Gasteiger partial charge is 0.494 e. The molecule has 2 aromatic carbocycles. The number of ether oxygens (including phenoxy) is 1. The van der Waals surface area contributed by atoms with E-state index in [1.165, 1.54) is 29.5 Å². The predicted molar refractivity (Wildman–Crippen MR) is 116 cm³/mol. The maximum absolute atomic E-state index is 12.1. The minimum atomic E-state index is 0.0570. The van der Waals surface area contributed by atoms with Gasteiger partial charge in [-0.15, -0.1) is 0 Å². The standard InChI is InChI=1S/C25H32N2O2/c1-18-4-13-24(16-19(18)2)29-15-3-14-27(23-11-12-23)17-20-5-7-21(8-6-20)25(28)26-22-9-10-22/h4-8,13,16,22-23H,3,9-12,14-15,17H2,1-2H3,(H,26,28). The van der Waals surface area contributed by atoms with Gasteiger partial charge >= 0.3 is 0 Å². The van der Waals surface area contributed by atoms with Gasteiger partial charge in [0, 0.05) is 30.7 Å². The molecule has 1 N–H and O–H groups in total. The number of nitrogens with zero attached hydrogens (tertiary/aromatic N) is 1. The average Bonchev–Trinajstić information content (AvgIpc) is 3.62. The topological polar surface area (TPSA) is 41.6 Å². The van der Waals surface area contributed by atoms with Crippen LogP contribution in [0.4, 0.5) is 0 Å². The zero-order valence-corrected chi connectivity index (χ0v) is 17.6. The lowest BCUT2D eigenvalue weighted by Crippen LogP contribution is -2.28. The molecule has 2 aliphatic rings. The van der Waals surface area contributed by atoms with Crippen LogP contribution in [-0.2, 0) is 6.54 Å². The molecule has 2 saturated carbocycles. The van der Waals surface area contributed by atoms with Crippen LogP contribution >= 0.6 is 0 Å². The van der Waals surface area contributed by atoms with E-state index in [1.54, 1.807) is 0 Å². The van der Waals surface area contributed by atoms with Crippen LogP contribution in [-0.4, -0.2) is 36.0 Å². The van der Waals surface area contributed by atoms with Crippen molar-refractivity contribution in [1.29, 1.82) is 0 Å². The molecule has 4 nitrogen and oxygen atoms in total. The molecule has 1 amide bonds. The molecule has 29 heavy (non-hydrogen) atoms. The van der Waals surface area contributed by atoms with Crippen molar-refractivity contribution in [3.05, 3.63) is 64.7 Å². The Balaban J connectivity index is 1.24. The third-order valence-corrected chi connectivity index (χ3v) is 5.91. The van der Waals surface area contributed by atoms with Gasteiger partial charge in [0.05, 0.1) is 6.61 Å². The minimum Gasteiger partial charge on any atom is -0.494 e. The fourth-order valence-corrected chi connectivity index (χ4v) is 3.58. The Hall–Kier alpha value is -2.33. The van der Waals surface area contributed by atoms with Gasteiger partial charge in [-0.05, 0) is 86.9 Å². The van der Waals surface area contributed by atoms with Gasteiger partial charge in [0.2, 0.25) is 0 Å². The maximum Gasteiger partial charge on any atom is 0.251 e. The summed E-state index contributed by atoms with van der Waals surface area (Å²) in [7, 11) is 0. The SMILES string of the molecule is Cc1ccc(OCCCN(Cc2ccc(C(=O)NC3CC3)cc2)C2CC2)cc1C. The van der Waals surface area contributed by atoms with E-state index in [0.29, 0.717) is 12.1 Å². The lowest BCUT2D eigenvalue weighted by atomic mass is 10.1. The number of benzene rings is 2. The highest BCUT2D eigenvalue weighted by Crippen LogP contribution is 2.28. The normalized spacial score (nSPS) is 16.1. The van der Waals surface area contributed by atoms with Gasteiger partial charge in [-0.1, -0.05) is 18.2 Å². The molecule has 0 spiro atoms. The third-order valence-electron chi connectivity index (χ3n) is 5.91. The molecule has 2 aliphatic carbocycles. The molecule has 0 unspecified atom stereocenters. The van der Waals surface area contributed by atoms with Crippen LogP contribution in [0.15, 0.2) is 42.5 Å². The first kappa shape index (κ1) is 20.0. The summed E-state index contributed by atoms with van der Waals surface area (Å²) in [6.45, 7) is 6.97. The van der Waals surface area contributed by atoms with Gasteiger partial charge in [0.25, 0.3) is 5.91 Å². The first-order valence-corrected chi connectivity index (χ1v) is 10.9. The van der Waals surface area contributed by atoms with Crippen LogP contribution in [0.3, 0.4) is 0 Å². The summed E-state index contributed by atoms with van der Waals surface area (Å²) in [5, 5.41) is 3.05. The molecule has 0 atom stereocenters. The second-order valence-corrected chi connectivity index (χ2v) is 8.59. The number of hydrogen-bond acceptors (Lipinski definition) is 3. The minimum absolute atomic E-state index is 0.0570. The van der Waals surface area contributed by atoms with Crippen LogP contribution < -0.4 is 10.1 Å². The quantitative estimate of drug-likeness (QED) is 0.600. The summed E-state index contributed by atoms with van der Waals surface area (Å²) in [5.74, 6) is 1.02. The molecule has 0 saturated heterocycles. The fourth-order valence-electron chi connectivity index (χ4n) is 3.58. The molecule has 2 fully saturated rings. The monoisotopic (exact) mass is 392 g/mol. The van der Waals surface area contributed by atoms with Crippen LogP contribution in [0.2, 0.25) is 0 Å². The van der Waals surface area contributed by atoms with Crippen molar-refractivity contribution in [3.63, 3.8) is 0 Å². The van der Waals surface area contributed by atoms with Crippen LogP contribution in [0.5, 0.6) is 5.75 Å². The van der Waals surface area contributed by atoms with E-state index in [-0.39, 0.29) is 5.91 Å². The number of carbonyl (C=O) groups excluding carboxylic acids is 1. The van der Waals surface area contributed by atoms with E-state index in [1.807, 2.05) is 12.1 Å². The molecule has 0 aromatic heterocycles. The van der Waals surface area contributed by atoms with Crippen molar-refractivity contribution in [2.75, 3.05) is 13.2 Å². The Morgan fingerprint density at radius 3 is 2.45 bits per heavy atom. The van der Waals surface area contributed by atoms with E-state index < -0.39 is 0 Å². The summed E-state index contributed by atoms with van der Waals surface area (Å²) >= 11 is 0. The lowest BCUT2D eigenvalue weighted by molar-refractivity contribution is 0.0951. The number of amides is 1. The second kappa shape index (κ2) is 9.00. The highest BCUT2D eigenvalue weighted by molar-refractivity contribution is 5.94. The first-order valence-electron chi connectivity index (χ1n) is 10.9. The van der Waals surface area contributed by atoms with Crippen molar-refractivity contribution in [2.24, 2.45) is 0 Å². The molecule has 2 aromatic rings. The second-order valence-electron chi connectivity index (χ2n) is 8.59. The zero-order chi connectivity index (χ0) is 20.2. The summed E-state index contributed by atoms with van der Waals surface area (Å²) in [6, 6.07) is 15.5. The van der Waals surface area contributed by atoms with E-state index in [9.17, 15) is 4.79 Å². The number of rotatable bonds is 10. The van der Waals surface area contributed by atoms with Gasteiger partial charge in [0.1, 0.15) is 5.75 Å². The van der Waals surface area contributed by atoms with Crippen molar-refractivity contribution in [2.45, 2.75) is 64.6 Å².